The fourth-order valence-corrected chi connectivity index (χ4v) is 2.12. The SMILES string of the molecule is CCCCC[C@@H]1C[C@H](CI)OC(=O)O1. The van der Waals surface area contributed by atoms with Crippen molar-refractivity contribution < 1.29 is 14.3 Å². The quantitative estimate of drug-likeness (QED) is 0.338. The number of cyclic esters (lactones) is 2. The number of rotatable bonds is 5. The molecular weight excluding hydrogens is 295 g/mol. The lowest BCUT2D eigenvalue weighted by atomic mass is 10.0. The Hall–Kier alpha value is 0. The minimum absolute atomic E-state index is 0.0588. The fraction of sp³-hybridized carbons (Fsp3) is 0.900. The molecule has 0 amide bonds. The van der Waals surface area contributed by atoms with Gasteiger partial charge in [0.25, 0.3) is 0 Å². The lowest BCUT2D eigenvalue weighted by Crippen LogP contribution is -2.35. The predicted octanol–water partition coefficient (Wildman–Crippen LogP) is 3.30. The van der Waals surface area contributed by atoms with E-state index in [1.54, 1.807) is 0 Å². The summed E-state index contributed by atoms with van der Waals surface area (Å²) in [5.41, 5.74) is 0. The number of halogens is 1. The number of carbonyl (C=O) groups is 1. The third kappa shape index (κ3) is 4.02. The Bertz CT molecular complexity index is 184. The van der Waals surface area contributed by atoms with E-state index >= 15 is 0 Å². The third-order valence-electron chi connectivity index (χ3n) is 2.35. The van der Waals surface area contributed by atoms with Crippen LogP contribution in [0.2, 0.25) is 0 Å². The molecule has 1 fully saturated rings. The minimum atomic E-state index is -0.487. The summed E-state index contributed by atoms with van der Waals surface area (Å²) in [6.07, 6.45) is 5.05. The van der Waals surface area contributed by atoms with Gasteiger partial charge in [0, 0.05) is 10.8 Å². The van der Waals surface area contributed by atoms with Crippen LogP contribution in [0.25, 0.3) is 0 Å². The maximum Gasteiger partial charge on any atom is 0.508 e. The zero-order chi connectivity index (χ0) is 10.4. The highest BCUT2D eigenvalue weighted by atomic mass is 127. The van der Waals surface area contributed by atoms with Gasteiger partial charge in [0.2, 0.25) is 0 Å². The molecule has 0 aliphatic carbocycles. The number of alkyl halides is 1. The first kappa shape index (κ1) is 12.1. The molecular formula is C10H17IO3. The van der Waals surface area contributed by atoms with E-state index in [-0.39, 0.29) is 12.2 Å². The first-order valence-electron chi connectivity index (χ1n) is 5.19. The van der Waals surface area contributed by atoms with Crippen LogP contribution in [-0.4, -0.2) is 22.8 Å². The van der Waals surface area contributed by atoms with Crippen LogP contribution in [0, 0.1) is 0 Å². The smallest absolute Gasteiger partial charge is 0.431 e. The van der Waals surface area contributed by atoms with Crippen molar-refractivity contribution in [3.63, 3.8) is 0 Å². The van der Waals surface area contributed by atoms with Gasteiger partial charge in [0.05, 0.1) is 0 Å². The Balaban J connectivity index is 2.26. The molecule has 1 saturated heterocycles. The van der Waals surface area contributed by atoms with E-state index in [1.165, 1.54) is 12.8 Å². The molecule has 0 radical (unpaired) electrons. The second kappa shape index (κ2) is 6.48. The van der Waals surface area contributed by atoms with Gasteiger partial charge in [-0.1, -0.05) is 42.4 Å². The van der Waals surface area contributed by atoms with Gasteiger partial charge in [-0.3, -0.25) is 0 Å². The average Bonchev–Trinajstić information content (AvgIpc) is 2.17. The maximum absolute atomic E-state index is 11.0. The Kier molecular flexibility index (Phi) is 5.59. The van der Waals surface area contributed by atoms with Crippen LogP contribution in [0.3, 0.4) is 0 Å². The Morgan fingerprint density at radius 3 is 2.71 bits per heavy atom. The molecule has 0 aromatic heterocycles. The second-order valence-electron chi connectivity index (χ2n) is 3.62. The van der Waals surface area contributed by atoms with Crippen molar-refractivity contribution in [2.75, 3.05) is 4.43 Å². The van der Waals surface area contributed by atoms with Crippen LogP contribution in [0.4, 0.5) is 4.79 Å². The van der Waals surface area contributed by atoms with Gasteiger partial charge in [0.1, 0.15) is 12.2 Å². The summed E-state index contributed by atoms with van der Waals surface area (Å²) in [6, 6.07) is 0. The highest BCUT2D eigenvalue weighted by Crippen LogP contribution is 2.21. The van der Waals surface area contributed by atoms with Gasteiger partial charge in [0.15, 0.2) is 0 Å². The van der Waals surface area contributed by atoms with E-state index in [4.69, 9.17) is 9.47 Å². The summed E-state index contributed by atoms with van der Waals surface area (Å²) in [5.74, 6) is 0. The Labute approximate surface area is 98.7 Å². The molecule has 0 spiro atoms. The van der Waals surface area contributed by atoms with E-state index < -0.39 is 6.16 Å². The predicted molar refractivity (Wildman–Crippen MR) is 62.8 cm³/mol. The Morgan fingerprint density at radius 1 is 1.36 bits per heavy atom. The van der Waals surface area contributed by atoms with Crippen molar-refractivity contribution in [3.05, 3.63) is 0 Å². The number of hydrogen-bond donors (Lipinski definition) is 0. The van der Waals surface area contributed by atoms with Crippen LogP contribution in [0.15, 0.2) is 0 Å². The highest BCUT2D eigenvalue weighted by molar-refractivity contribution is 14.1. The average molecular weight is 312 g/mol. The van der Waals surface area contributed by atoms with Crippen LogP contribution in [-0.2, 0) is 9.47 Å². The molecule has 1 aliphatic rings. The van der Waals surface area contributed by atoms with E-state index in [0.717, 1.165) is 23.7 Å². The molecule has 0 N–H and O–H groups in total. The van der Waals surface area contributed by atoms with E-state index in [9.17, 15) is 4.79 Å². The lowest BCUT2D eigenvalue weighted by molar-refractivity contribution is -0.0541. The van der Waals surface area contributed by atoms with Crippen molar-refractivity contribution >= 4 is 28.7 Å². The fourth-order valence-electron chi connectivity index (χ4n) is 1.58. The normalized spacial score (nSPS) is 26.9. The zero-order valence-electron chi connectivity index (χ0n) is 8.50. The van der Waals surface area contributed by atoms with E-state index in [0.29, 0.717) is 0 Å². The topological polar surface area (TPSA) is 35.5 Å². The molecule has 0 saturated carbocycles. The molecule has 0 aromatic carbocycles. The molecule has 0 unspecified atom stereocenters. The summed E-state index contributed by atoms with van der Waals surface area (Å²) in [5, 5.41) is 0. The van der Waals surface area contributed by atoms with Gasteiger partial charge in [-0.2, -0.15) is 0 Å². The molecule has 14 heavy (non-hydrogen) atoms. The first-order chi connectivity index (χ1) is 6.76. The molecule has 1 heterocycles. The molecule has 2 atom stereocenters. The number of hydrogen-bond acceptors (Lipinski definition) is 3. The van der Waals surface area contributed by atoms with Gasteiger partial charge in [-0.05, 0) is 12.8 Å². The van der Waals surface area contributed by atoms with Crippen molar-refractivity contribution in [1.82, 2.24) is 0 Å². The summed E-state index contributed by atoms with van der Waals surface area (Å²) in [4.78, 5) is 11.0. The van der Waals surface area contributed by atoms with Crippen LogP contribution in [0.1, 0.15) is 39.0 Å². The number of carbonyl (C=O) groups excluding carboxylic acids is 1. The third-order valence-corrected chi connectivity index (χ3v) is 3.34. The van der Waals surface area contributed by atoms with Crippen molar-refractivity contribution in [1.29, 1.82) is 0 Å². The zero-order valence-corrected chi connectivity index (χ0v) is 10.7. The van der Waals surface area contributed by atoms with Gasteiger partial charge >= 0.3 is 6.16 Å². The number of ether oxygens (including phenoxy) is 2. The van der Waals surface area contributed by atoms with E-state index in [2.05, 4.69) is 29.5 Å². The molecule has 0 aromatic rings. The first-order valence-corrected chi connectivity index (χ1v) is 6.72. The summed E-state index contributed by atoms with van der Waals surface area (Å²) >= 11 is 2.24. The highest BCUT2D eigenvalue weighted by Gasteiger charge is 2.28. The minimum Gasteiger partial charge on any atom is -0.431 e. The van der Waals surface area contributed by atoms with Gasteiger partial charge < -0.3 is 9.47 Å². The summed E-state index contributed by atoms with van der Waals surface area (Å²) < 4.78 is 11.0. The molecule has 3 nitrogen and oxygen atoms in total. The second-order valence-corrected chi connectivity index (χ2v) is 4.50. The largest absolute Gasteiger partial charge is 0.508 e. The molecule has 1 rings (SSSR count). The summed E-state index contributed by atoms with van der Waals surface area (Å²) in [6.45, 7) is 2.17. The van der Waals surface area contributed by atoms with E-state index in [1.807, 2.05) is 0 Å². The maximum atomic E-state index is 11.0. The van der Waals surface area contributed by atoms with Gasteiger partial charge in [-0.25, -0.2) is 4.79 Å². The summed E-state index contributed by atoms with van der Waals surface area (Å²) in [7, 11) is 0. The van der Waals surface area contributed by atoms with Crippen LogP contribution in [0.5, 0.6) is 0 Å². The van der Waals surface area contributed by atoms with Crippen molar-refractivity contribution in [2.45, 2.75) is 51.2 Å². The van der Waals surface area contributed by atoms with Crippen molar-refractivity contribution in [3.8, 4) is 0 Å². The molecule has 4 heteroatoms. The lowest BCUT2D eigenvalue weighted by Gasteiger charge is -2.27. The molecule has 0 bridgehead atoms. The Morgan fingerprint density at radius 2 is 2.07 bits per heavy atom. The molecule has 1 aliphatic heterocycles. The standard InChI is InChI=1S/C10H17IO3/c1-2-3-4-5-8-6-9(7-11)14-10(12)13-8/h8-9H,2-7H2,1H3/t8-,9-/m1/s1. The van der Waals surface area contributed by atoms with Crippen molar-refractivity contribution in [2.24, 2.45) is 0 Å². The monoisotopic (exact) mass is 312 g/mol. The number of unbranched alkanes of at least 4 members (excludes halogenated alkanes) is 2. The van der Waals surface area contributed by atoms with Gasteiger partial charge in [-0.15, -0.1) is 0 Å². The molecule has 82 valence electrons. The van der Waals surface area contributed by atoms with Crippen LogP contribution >= 0.6 is 22.6 Å². The van der Waals surface area contributed by atoms with Crippen LogP contribution < -0.4 is 0 Å².